The van der Waals surface area contributed by atoms with Crippen molar-refractivity contribution in [2.24, 2.45) is 0 Å². The van der Waals surface area contributed by atoms with E-state index in [0.29, 0.717) is 0 Å². The van der Waals surface area contributed by atoms with Gasteiger partial charge in [0.05, 0.1) is 0 Å². The van der Waals surface area contributed by atoms with Gasteiger partial charge in [0, 0.05) is 44.0 Å². The molecule has 0 radical (unpaired) electrons. The topological polar surface area (TPSA) is 58.2 Å². The lowest BCUT2D eigenvalue weighted by Gasteiger charge is -2.22. The van der Waals surface area contributed by atoms with Crippen LogP contribution in [0.4, 0.5) is 22.7 Å². The Labute approximate surface area is 211 Å². The molecule has 0 bridgehead atoms. The highest BCUT2D eigenvalue weighted by molar-refractivity contribution is 7.62. The first-order valence-electron chi connectivity index (χ1n) is 12.1. The molecule has 1 heterocycles. The number of hydrogen-bond donors (Lipinski definition) is 2. The summed E-state index contributed by atoms with van der Waals surface area (Å²) in [6, 6.07) is 23.9. The molecule has 36 heavy (non-hydrogen) atoms. The van der Waals surface area contributed by atoms with Gasteiger partial charge >= 0.3 is 0 Å². The molecule has 6 heteroatoms. The van der Waals surface area contributed by atoms with Gasteiger partial charge in [0.25, 0.3) is 0 Å². The molecule has 0 amide bonds. The SMILES string of the molecule is O=[PH]1c2ccccc2Nc2cc3c(cc2[PH](=O)c2ccccc2Nc2cc4c(cc21)CC=C4)CC=C3. The normalized spacial score (nSPS) is 18.8. The van der Waals surface area contributed by atoms with Crippen molar-refractivity contribution in [1.29, 1.82) is 0 Å². The summed E-state index contributed by atoms with van der Waals surface area (Å²) in [5.74, 6) is 0. The number of para-hydroxylation sites is 2. The third-order valence-corrected chi connectivity index (χ3v) is 10.9. The maximum atomic E-state index is 14.2. The minimum absolute atomic E-state index is 0.770. The van der Waals surface area contributed by atoms with Gasteiger partial charge in [-0.05, 0) is 83.6 Å². The van der Waals surface area contributed by atoms with Gasteiger partial charge in [-0.1, -0.05) is 48.6 Å². The van der Waals surface area contributed by atoms with Crippen LogP contribution in [0.15, 0.2) is 84.9 Å². The molecule has 1 aliphatic heterocycles. The number of anilines is 4. The van der Waals surface area contributed by atoms with E-state index in [-0.39, 0.29) is 0 Å². The predicted molar refractivity (Wildman–Crippen MR) is 154 cm³/mol. The van der Waals surface area contributed by atoms with Gasteiger partial charge in [-0.2, -0.15) is 0 Å². The van der Waals surface area contributed by atoms with Crippen LogP contribution in [0.5, 0.6) is 0 Å². The summed E-state index contributed by atoms with van der Waals surface area (Å²) < 4.78 is 28.5. The van der Waals surface area contributed by atoms with Crippen molar-refractivity contribution in [1.82, 2.24) is 0 Å². The Kier molecular flexibility index (Phi) is 5.13. The Balaban J connectivity index is 1.50. The first-order valence-corrected chi connectivity index (χ1v) is 15.0. The van der Waals surface area contributed by atoms with Crippen molar-refractivity contribution in [2.75, 3.05) is 10.6 Å². The van der Waals surface area contributed by atoms with Crippen LogP contribution < -0.4 is 31.9 Å². The summed E-state index contributed by atoms with van der Waals surface area (Å²) in [5, 5.41) is 10.2. The molecule has 0 saturated carbocycles. The van der Waals surface area contributed by atoms with Crippen molar-refractivity contribution < 1.29 is 9.13 Å². The molecule has 0 spiro atoms. The molecule has 7 rings (SSSR count). The molecule has 0 saturated heterocycles. The van der Waals surface area contributed by atoms with E-state index in [2.05, 4.69) is 59.2 Å². The van der Waals surface area contributed by atoms with Gasteiger partial charge in [-0.25, -0.2) is 0 Å². The molecule has 2 atom stereocenters. The second-order valence-electron chi connectivity index (χ2n) is 9.41. The largest absolute Gasteiger partial charge is 0.354 e. The second kappa shape index (κ2) is 8.52. The van der Waals surface area contributed by atoms with Crippen molar-refractivity contribution in [3.8, 4) is 0 Å². The molecule has 2 aliphatic carbocycles. The van der Waals surface area contributed by atoms with Crippen LogP contribution in [-0.2, 0) is 22.0 Å². The zero-order valence-corrected chi connectivity index (χ0v) is 21.5. The Morgan fingerprint density at radius 3 is 1.44 bits per heavy atom. The van der Waals surface area contributed by atoms with Gasteiger partial charge in [0.1, 0.15) is 15.6 Å². The monoisotopic (exact) mass is 506 g/mol. The number of hydrogen-bond acceptors (Lipinski definition) is 4. The van der Waals surface area contributed by atoms with E-state index < -0.39 is 15.6 Å². The number of benzene rings is 4. The molecule has 176 valence electrons. The molecule has 2 unspecified atom stereocenters. The highest BCUT2D eigenvalue weighted by Crippen LogP contribution is 2.38. The fourth-order valence-corrected chi connectivity index (χ4v) is 8.58. The lowest BCUT2D eigenvalue weighted by atomic mass is 10.1. The van der Waals surface area contributed by atoms with Crippen molar-refractivity contribution >= 4 is 71.7 Å². The number of rotatable bonds is 0. The Hall–Kier alpha value is -3.58. The average molecular weight is 506 g/mol. The summed E-state index contributed by atoms with van der Waals surface area (Å²) in [4.78, 5) is 0. The van der Waals surface area contributed by atoms with Gasteiger partial charge in [-0.15, -0.1) is 0 Å². The zero-order chi connectivity index (χ0) is 24.2. The van der Waals surface area contributed by atoms with E-state index in [0.717, 1.165) is 67.9 Å². The standard InChI is InChI=1S/C30H24N2O2P2/c33-35-27-13-3-1-11-23(27)31-25-15-19-7-5-9-21(19)17-29(25)36(34)28-14-4-2-12-24(28)32-26-16-20-8-6-10-22(20)18-30(26)35/h1-8,11-18,31-32,35-36H,9-10H2. The summed E-state index contributed by atoms with van der Waals surface area (Å²) in [6.07, 6.45) is 10.2. The number of fused-ring (bicyclic) bond motifs is 6. The summed E-state index contributed by atoms with van der Waals surface area (Å²) >= 11 is 0. The van der Waals surface area contributed by atoms with E-state index in [9.17, 15) is 9.13 Å². The molecular weight excluding hydrogens is 482 g/mol. The lowest BCUT2D eigenvalue weighted by molar-refractivity contribution is 0.597. The van der Waals surface area contributed by atoms with Crippen molar-refractivity contribution in [3.05, 3.63) is 107 Å². The lowest BCUT2D eigenvalue weighted by Crippen LogP contribution is -2.21. The smallest absolute Gasteiger partial charge is 0.135 e. The molecular formula is C30H24N2O2P2. The summed E-state index contributed by atoms with van der Waals surface area (Å²) in [5.41, 5.74) is 7.82. The Morgan fingerprint density at radius 2 is 0.972 bits per heavy atom. The average Bonchev–Trinajstić information content (AvgIpc) is 3.56. The van der Waals surface area contributed by atoms with E-state index in [1.807, 2.05) is 48.5 Å². The summed E-state index contributed by atoms with van der Waals surface area (Å²) in [6.45, 7) is 0. The van der Waals surface area contributed by atoms with E-state index >= 15 is 0 Å². The van der Waals surface area contributed by atoms with Crippen LogP contribution in [0.3, 0.4) is 0 Å². The van der Waals surface area contributed by atoms with Crippen LogP contribution >= 0.6 is 15.6 Å². The highest BCUT2D eigenvalue weighted by Gasteiger charge is 2.24. The quantitative estimate of drug-likeness (QED) is 0.267. The Morgan fingerprint density at radius 1 is 0.528 bits per heavy atom. The van der Waals surface area contributed by atoms with Gasteiger partial charge in [-0.3, -0.25) is 0 Å². The van der Waals surface area contributed by atoms with E-state index in [4.69, 9.17) is 0 Å². The fourth-order valence-electron chi connectivity index (χ4n) is 5.36. The fraction of sp³-hybridized carbons (Fsp3) is 0.0667. The minimum atomic E-state index is -2.37. The first kappa shape index (κ1) is 21.7. The van der Waals surface area contributed by atoms with Crippen LogP contribution in [0.2, 0.25) is 0 Å². The minimum Gasteiger partial charge on any atom is -0.354 e. The molecule has 4 aromatic rings. The third kappa shape index (κ3) is 3.53. The predicted octanol–water partition coefficient (Wildman–Crippen LogP) is 5.65. The Bertz CT molecular complexity index is 1560. The van der Waals surface area contributed by atoms with Crippen LogP contribution in [0.1, 0.15) is 22.3 Å². The van der Waals surface area contributed by atoms with Crippen molar-refractivity contribution in [3.63, 3.8) is 0 Å². The third-order valence-electron chi connectivity index (χ3n) is 7.20. The number of allylic oxidation sites excluding steroid dienone is 2. The molecule has 0 aromatic heterocycles. The molecule has 4 aromatic carbocycles. The van der Waals surface area contributed by atoms with Gasteiger partial charge in [0.2, 0.25) is 0 Å². The first-order chi connectivity index (χ1) is 17.7. The maximum Gasteiger partial charge on any atom is 0.135 e. The molecule has 4 nitrogen and oxygen atoms in total. The number of nitrogens with one attached hydrogen (secondary N) is 2. The molecule has 3 aliphatic rings. The summed E-state index contributed by atoms with van der Waals surface area (Å²) in [7, 11) is -4.73. The van der Waals surface area contributed by atoms with Gasteiger partial charge in [0.15, 0.2) is 0 Å². The second-order valence-corrected chi connectivity index (χ2v) is 12.9. The molecule has 2 N–H and O–H groups in total. The maximum absolute atomic E-state index is 14.2. The van der Waals surface area contributed by atoms with Crippen LogP contribution in [0, 0.1) is 0 Å². The molecule has 0 fully saturated rings. The van der Waals surface area contributed by atoms with E-state index in [1.54, 1.807) is 0 Å². The zero-order valence-electron chi connectivity index (χ0n) is 19.5. The highest BCUT2D eigenvalue weighted by atomic mass is 31.1. The van der Waals surface area contributed by atoms with Crippen molar-refractivity contribution in [2.45, 2.75) is 12.8 Å². The van der Waals surface area contributed by atoms with E-state index in [1.165, 1.54) is 11.1 Å². The van der Waals surface area contributed by atoms with Crippen LogP contribution in [0.25, 0.3) is 12.2 Å². The van der Waals surface area contributed by atoms with Crippen LogP contribution in [-0.4, -0.2) is 0 Å². The van der Waals surface area contributed by atoms with Gasteiger partial charge < -0.3 is 19.8 Å².